The smallest absolute Gasteiger partial charge is 0.0585 e. The molecule has 0 saturated heterocycles. The quantitative estimate of drug-likeness (QED) is 0.258. The third kappa shape index (κ3) is 11.7. The molecular formula is C40H57NO. The van der Waals surface area contributed by atoms with Gasteiger partial charge < -0.3 is 10.8 Å². The summed E-state index contributed by atoms with van der Waals surface area (Å²) in [5.41, 5.74) is 16.7. The Bertz CT molecular complexity index is 1190. The minimum absolute atomic E-state index is 0.00867. The van der Waals surface area contributed by atoms with Crippen LogP contribution in [0.3, 0.4) is 0 Å². The first kappa shape index (κ1) is 35.3. The summed E-state index contributed by atoms with van der Waals surface area (Å²) in [6.07, 6.45) is 33.5. The number of aliphatic hydroxyl groups is 1. The predicted octanol–water partition coefficient (Wildman–Crippen LogP) is 10.5. The summed E-state index contributed by atoms with van der Waals surface area (Å²) in [6.45, 7) is 21.9. The van der Waals surface area contributed by atoms with Crippen molar-refractivity contribution in [1.29, 1.82) is 0 Å². The van der Waals surface area contributed by atoms with E-state index in [2.05, 4.69) is 154 Å². The molecule has 0 radical (unpaired) electrons. The van der Waals surface area contributed by atoms with E-state index in [1.54, 1.807) is 0 Å². The fourth-order valence-electron chi connectivity index (χ4n) is 6.24. The van der Waals surface area contributed by atoms with Crippen molar-refractivity contribution in [3.05, 3.63) is 130 Å². The van der Waals surface area contributed by atoms with Crippen molar-refractivity contribution in [2.45, 2.75) is 107 Å². The van der Waals surface area contributed by atoms with E-state index in [4.69, 9.17) is 5.73 Å². The second kappa shape index (κ2) is 16.1. The molecule has 0 aliphatic heterocycles. The number of aliphatic hydroxyl groups excluding tert-OH is 1. The molecule has 0 amide bonds. The maximum absolute atomic E-state index is 10.1. The summed E-state index contributed by atoms with van der Waals surface area (Å²) in [5, 5.41) is 10.1. The van der Waals surface area contributed by atoms with Gasteiger partial charge in [0.25, 0.3) is 0 Å². The molecule has 228 valence electrons. The fraction of sp³-hybridized carbons (Fsp3) is 0.450. The normalized spacial score (nSPS) is 25.0. The van der Waals surface area contributed by atoms with Gasteiger partial charge in [-0.05, 0) is 89.2 Å². The highest BCUT2D eigenvalue weighted by Crippen LogP contribution is 2.41. The maximum atomic E-state index is 10.1. The standard InChI is InChI=1S/C40H57NO/c1-29(17-13-19-31(3)21-23-37-33(5)25-35(41)27-39(37,7)8)15-11-12-16-30(2)18-14-20-32(4)22-24-38-34(6)26-36(42)28-40(38,9)10/h11-24,35-36,42H,25-28,41H2,1-10H3/b12-11+,17-13+,18-14+,23-21+,24-22+,29-15+,30-16+,31-19+,32-20+/t35-,36+/m0/s1. The van der Waals surface area contributed by atoms with Crippen molar-refractivity contribution in [2.75, 3.05) is 0 Å². The molecule has 0 bridgehead atoms. The minimum Gasteiger partial charge on any atom is -0.393 e. The highest BCUT2D eigenvalue weighted by atomic mass is 16.3. The Morgan fingerprint density at radius 2 is 1.00 bits per heavy atom. The van der Waals surface area contributed by atoms with Crippen LogP contribution in [-0.4, -0.2) is 17.3 Å². The molecule has 0 heterocycles. The predicted molar refractivity (Wildman–Crippen MR) is 186 cm³/mol. The van der Waals surface area contributed by atoms with Crippen molar-refractivity contribution in [1.82, 2.24) is 0 Å². The Hall–Kier alpha value is -2.94. The lowest BCUT2D eigenvalue weighted by molar-refractivity contribution is 0.116. The number of hydrogen-bond donors (Lipinski definition) is 2. The van der Waals surface area contributed by atoms with E-state index in [0.29, 0.717) is 0 Å². The monoisotopic (exact) mass is 567 g/mol. The van der Waals surface area contributed by atoms with Gasteiger partial charge in [0.15, 0.2) is 0 Å². The van der Waals surface area contributed by atoms with Gasteiger partial charge in [0, 0.05) is 6.04 Å². The van der Waals surface area contributed by atoms with E-state index in [-0.39, 0.29) is 23.0 Å². The van der Waals surface area contributed by atoms with Crippen LogP contribution in [0.1, 0.15) is 94.9 Å². The van der Waals surface area contributed by atoms with Crippen LogP contribution in [0.15, 0.2) is 130 Å². The maximum Gasteiger partial charge on any atom is 0.0585 e. The van der Waals surface area contributed by atoms with Gasteiger partial charge in [-0.3, -0.25) is 0 Å². The van der Waals surface area contributed by atoms with Gasteiger partial charge in [0.1, 0.15) is 0 Å². The van der Waals surface area contributed by atoms with Gasteiger partial charge in [0.05, 0.1) is 6.10 Å². The summed E-state index contributed by atoms with van der Waals surface area (Å²) in [4.78, 5) is 0. The van der Waals surface area contributed by atoms with E-state index in [9.17, 15) is 5.11 Å². The molecule has 0 aromatic carbocycles. The van der Waals surface area contributed by atoms with Gasteiger partial charge in [-0.25, -0.2) is 0 Å². The third-order valence-electron chi connectivity index (χ3n) is 8.30. The van der Waals surface area contributed by atoms with Crippen LogP contribution in [0, 0.1) is 10.8 Å². The van der Waals surface area contributed by atoms with Gasteiger partial charge in [-0.2, -0.15) is 0 Å². The van der Waals surface area contributed by atoms with Gasteiger partial charge >= 0.3 is 0 Å². The second-order valence-electron chi connectivity index (χ2n) is 13.8. The highest BCUT2D eigenvalue weighted by molar-refractivity contribution is 5.39. The first-order chi connectivity index (χ1) is 19.6. The van der Waals surface area contributed by atoms with Crippen molar-refractivity contribution >= 4 is 0 Å². The molecule has 42 heavy (non-hydrogen) atoms. The SMILES string of the molecule is CC1=C(/C=C/C(C)=C/C=C/C(C)=C/C=C/C=C(C)/C=C/C=C(C)/C=C/C2=C(C)C[C@@H](O)CC2(C)C)C(C)(C)C[C@@H](N)C1. The van der Waals surface area contributed by atoms with E-state index in [1.807, 2.05) is 0 Å². The van der Waals surface area contributed by atoms with Crippen LogP contribution in [-0.2, 0) is 0 Å². The number of allylic oxidation sites excluding steroid dienone is 20. The van der Waals surface area contributed by atoms with Crippen LogP contribution in [0.4, 0.5) is 0 Å². The largest absolute Gasteiger partial charge is 0.393 e. The molecule has 0 fully saturated rings. The molecular weight excluding hydrogens is 510 g/mol. The van der Waals surface area contributed by atoms with E-state index in [0.717, 1.165) is 25.7 Å². The Kier molecular flexibility index (Phi) is 13.5. The van der Waals surface area contributed by atoms with E-state index < -0.39 is 0 Å². The molecule has 2 aliphatic rings. The van der Waals surface area contributed by atoms with Gasteiger partial charge in [0.2, 0.25) is 0 Å². The van der Waals surface area contributed by atoms with Crippen molar-refractivity contribution in [3.63, 3.8) is 0 Å². The van der Waals surface area contributed by atoms with Crippen LogP contribution >= 0.6 is 0 Å². The molecule has 0 spiro atoms. The number of nitrogens with two attached hydrogens (primary N) is 1. The number of hydrogen-bond acceptors (Lipinski definition) is 2. The molecule has 0 saturated carbocycles. The molecule has 0 unspecified atom stereocenters. The Morgan fingerprint density at radius 3 is 1.43 bits per heavy atom. The lowest BCUT2D eigenvalue weighted by atomic mass is 9.71. The van der Waals surface area contributed by atoms with Crippen LogP contribution in [0.5, 0.6) is 0 Å². The summed E-state index contributed by atoms with van der Waals surface area (Å²) in [5.74, 6) is 0. The Balaban J connectivity index is 1.90. The zero-order valence-corrected chi connectivity index (χ0v) is 28.1. The molecule has 2 atom stereocenters. The van der Waals surface area contributed by atoms with Crippen molar-refractivity contribution < 1.29 is 5.11 Å². The average Bonchev–Trinajstić information content (AvgIpc) is 2.84. The topological polar surface area (TPSA) is 46.2 Å². The zero-order valence-electron chi connectivity index (χ0n) is 28.1. The van der Waals surface area contributed by atoms with E-state index in [1.165, 1.54) is 44.6 Å². The molecule has 3 N–H and O–H groups in total. The molecule has 0 aromatic rings. The number of rotatable bonds is 10. The highest BCUT2D eigenvalue weighted by Gasteiger charge is 2.32. The lowest BCUT2D eigenvalue weighted by Gasteiger charge is -2.36. The molecule has 2 nitrogen and oxygen atoms in total. The van der Waals surface area contributed by atoms with Crippen molar-refractivity contribution in [2.24, 2.45) is 16.6 Å². The average molecular weight is 568 g/mol. The summed E-state index contributed by atoms with van der Waals surface area (Å²) >= 11 is 0. The summed E-state index contributed by atoms with van der Waals surface area (Å²) < 4.78 is 0. The third-order valence-corrected chi connectivity index (χ3v) is 8.30. The Labute approximate surface area is 258 Å². The first-order valence-corrected chi connectivity index (χ1v) is 15.5. The fourth-order valence-corrected chi connectivity index (χ4v) is 6.24. The second-order valence-corrected chi connectivity index (χ2v) is 13.8. The molecule has 2 rings (SSSR count). The van der Waals surface area contributed by atoms with E-state index >= 15 is 0 Å². The van der Waals surface area contributed by atoms with Gasteiger partial charge in [-0.1, -0.05) is 146 Å². The van der Waals surface area contributed by atoms with Crippen molar-refractivity contribution in [3.8, 4) is 0 Å². The summed E-state index contributed by atoms with van der Waals surface area (Å²) in [6, 6.07) is 0.273. The van der Waals surface area contributed by atoms with Crippen LogP contribution in [0.2, 0.25) is 0 Å². The Morgan fingerprint density at radius 1 is 0.619 bits per heavy atom. The van der Waals surface area contributed by atoms with Crippen LogP contribution < -0.4 is 5.73 Å². The lowest BCUT2D eigenvalue weighted by Crippen LogP contribution is -2.33. The van der Waals surface area contributed by atoms with Gasteiger partial charge in [-0.15, -0.1) is 0 Å². The molecule has 0 aromatic heterocycles. The first-order valence-electron chi connectivity index (χ1n) is 15.5. The minimum atomic E-state index is -0.224. The van der Waals surface area contributed by atoms with Crippen LogP contribution in [0.25, 0.3) is 0 Å². The summed E-state index contributed by atoms with van der Waals surface area (Å²) in [7, 11) is 0. The zero-order chi connectivity index (χ0) is 31.5. The molecule has 2 aliphatic carbocycles. The molecule has 2 heteroatoms.